The second kappa shape index (κ2) is 9.17. The number of fused-ring (bicyclic) bond motifs is 1. The van der Waals surface area contributed by atoms with E-state index >= 15 is 0 Å². The van der Waals surface area contributed by atoms with Crippen molar-refractivity contribution in [1.29, 1.82) is 0 Å². The third kappa shape index (κ3) is 4.41. The maximum atomic E-state index is 13.3. The summed E-state index contributed by atoms with van der Waals surface area (Å²) in [6.07, 6.45) is 7.26. The first kappa shape index (κ1) is 20.8. The van der Waals surface area contributed by atoms with Crippen LogP contribution in [0.5, 0.6) is 0 Å². The van der Waals surface area contributed by atoms with Crippen molar-refractivity contribution in [2.75, 3.05) is 0 Å². The van der Waals surface area contributed by atoms with E-state index in [-0.39, 0.29) is 11.5 Å². The van der Waals surface area contributed by atoms with Crippen LogP contribution in [0.2, 0.25) is 0 Å². The molecule has 5 rings (SSSR count). The smallest absolute Gasteiger partial charge is 0.282 e. The molecule has 1 aliphatic rings. The molecule has 0 spiro atoms. The fraction of sp³-hybridized carbons (Fsp3) is 0.269. The maximum Gasteiger partial charge on any atom is 0.282 e. The number of hydrogen-bond acceptors (Lipinski definition) is 5. The molecule has 0 atom stereocenters. The molecule has 0 bridgehead atoms. The van der Waals surface area contributed by atoms with Crippen molar-refractivity contribution in [2.24, 2.45) is 5.10 Å². The summed E-state index contributed by atoms with van der Waals surface area (Å²) in [6, 6.07) is 19.6. The van der Waals surface area contributed by atoms with Crippen LogP contribution >= 0.6 is 11.8 Å². The Morgan fingerprint density at radius 1 is 1.03 bits per heavy atom. The Morgan fingerprint density at radius 3 is 2.62 bits per heavy atom. The molecular formula is C26H25N3O2S. The summed E-state index contributed by atoms with van der Waals surface area (Å²) < 4.78 is 7.41. The van der Waals surface area contributed by atoms with E-state index in [2.05, 4.69) is 36.3 Å². The van der Waals surface area contributed by atoms with Gasteiger partial charge in [-0.1, -0.05) is 60.9 Å². The van der Waals surface area contributed by atoms with Gasteiger partial charge in [0.2, 0.25) is 0 Å². The molecule has 2 heterocycles. The minimum atomic E-state index is -0.131. The van der Waals surface area contributed by atoms with E-state index in [1.807, 2.05) is 36.4 Å². The molecule has 0 radical (unpaired) electrons. The summed E-state index contributed by atoms with van der Waals surface area (Å²) in [5.41, 5.74) is 1.83. The first-order chi connectivity index (χ1) is 15.7. The first-order valence-corrected chi connectivity index (χ1v) is 11.9. The topological polar surface area (TPSA) is 60.4 Å². The number of rotatable bonds is 5. The van der Waals surface area contributed by atoms with Gasteiger partial charge in [0.15, 0.2) is 5.09 Å². The Labute approximate surface area is 191 Å². The number of para-hydroxylation sites is 1. The summed E-state index contributed by atoms with van der Waals surface area (Å²) in [7, 11) is 0. The second-order valence-electron chi connectivity index (χ2n) is 8.26. The number of furan rings is 1. The quantitative estimate of drug-likeness (QED) is 0.336. The van der Waals surface area contributed by atoms with E-state index in [0.29, 0.717) is 11.1 Å². The molecule has 0 unspecified atom stereocenters. The maximum absolute atomic E-state index is 13.3. The molecule has 2 aromatic heterocycles. The lowest BCUT2D eigenvalue weighted by molar-refractivity contribution is 0.416. The normalized spacial score (nSPS) is 15.0. The zero-order valence-electron chi connectivity index (χ0n) is 18.0. The third-order valence-electron chi connectivity index (χ3n) is 5.89. The lowest BCUT2D eigenvalue weighted by Crippen LogP contribution is -2.25. The molecule has 1 saturated carbocycles. The molecule has 0 saturated heterocycles. The lowest BCUT2D eigenvalue weighted by atomic mass is 9.88. The van der Waals surface area contributed by atoms with Crippen LogP contribution < -0.4 is 5.56 Å². The lowest BCUT2D eigenvalue weighted by Gasteiger charge is -2.22. The number of aromatic nitrogens is 2. The fourth-order valence-electron chi connectivity index (χ4n) is 4.17. The average molecular weight is 444 g/mol. The zero-order valence-corrected chi connectivity index (χ0v) is 18.8. The molecule has 1 aliphatic carbocycles. The summed E-state index contributed by atoms with van der Waals surface area (Å²) in [5, 5.41) is 5.91. The van der Waals surface area contributed by atoms with Gasteiger partial charge in [-0.05, 0) is 56.2 Å². The first-order valence-electron chi connectivity index (χ1n) is 11.1. The molecule has 0 aliphatic heterocycles. The van der Waals surface area contributed by atoms with Crippen LogP contribution in [0.1, 0.15) is 55.2 Å². The van der Waals surface area contributed by atoms with Crippen molar-refractivity contribution in [3.05, 3.63) is 88.2 Å². The van der Waals surface area contributed by atoms with Gasteiger partial charge < -0.3 is 4.42 Å². The standard InChI is InChI=1S/C26H25N3O2S/c1-18-11-14-21(15-12-18)32-24-16-13-20(31-24)17-27-29-25(19-7-3-2-4-8-19)28-23-10-6-5-9-22(23)26(29)30/h5-6,9-17,19H,2-4,7-8H2,1H3. The fourth-order valence-corrected chi connectivity index (χ4v) is 4.95. The molecule has 0 amide bonds. The van der Waals surface area contributed by atoms with Crippen molar-refractivity contribution in [1.82, 2.24) is 9.66 Å². The Balaban J connectivity index is 1.46. The van der Waals surface area contributed by atoms with Gasteiger partial charge in [-0.15, -0.1) is 0 Å². The minimum absolute atomic E-state index is 0.131. The van der Waals surface area contributed by atoms with Crippen LogP contribution in [0.3, 0.4) is 0 Å². The van der Waals surface area contributed by atoms with Crippen molar-refractivity contribution >= 4 is 28.9 Å². The van der Waals surface area contributed by atoms with E-state index in [0.717, 1.165) is 47.0 Å². The highest BCUT2D eigenvalue weighted by Gasteiger charge is 2.22. The molecular weight excluding hydrogens is 418 g/mol. The molecule has 5 nitrogen and oxygen atoms in total. The monoisotopic (exact) mass is 443 g/mol. The molecule has 1 fully saturated rings. The number of hydrogen-bond donors (Lipinski definition) is 0. The van der Waals surface area contributed by atoms with Crippen LogP contribution in [0, 0.1) is 6.92 Å². The number of benzene rings is 2. The molecule has 0 N–H and O–H groups in total. The van der Waals surface area contributed by atoms with Crippen LogP contribution in [0.25, 0.3) is 10.9 Å². The molecule has 32 heavy (non-hydrogen) atoms. The van der Waals surface area contributed by atoms with Gasteiger partial charge in [-0.25, -0.2) is 4.98 Å². The SMILES string of the molecule is Cc1ccc(Sc2ccc(C=Nn3c(C4CCCCC4)nc4ccccc4c3=O)o2)cc1. The minimum Gasteiger partial charge on any atom is -0.448 e. The van der Waals surface area contributed by atoms with Crippen LogP contribution in [-0.2, 0) is 0 Å². The Hall–Kier alpha value is -3.12. The van der Waals surface area contributed by atoms with Gasteiger partial charge in [0.05, 0.1) is 17.1 Å². The highest BCUT2D eigenvalue weighted by Crippen LogP contribution is 2.32. The summed E-state index contributed by atoms with van der Waals surface area (Å²) in [6.45, 7) is 2.07. The van der Waals surface area contributed by atoms with Gasteiger partial charge in [0.1, 0.15) is 11.6 Å². The molecule has 2 aromatic carbocycles. The molecule has 162 valence electrons. The van der Waals surface area contributed by atoms with Crippen LogP contribution in [0.4, 0.5) is 0 Å². The Morgan fingerprint density at radius 2 is 1.81 bits per heavy atom. The van der Waals surface area contributed by atoms with E-state index in [4.69, 9.17) is 9.40 Å². The van der Waals surface area contributed by atoms with E-state index in [1.54, 1.807) is 18.0 Å². The van der Waals surface area contributed by atoms with Gasteiger partial charge in [-0.3, -0.25) is 4.79 Å². The predicted molar refractivity (Wildman–Crippen MR) is 129 cm³/mol. The van der Waals surface area contributed by atoms with Crippen molar-refractivity contribution in [2.45, 2.75) is 54.9 Å². The van der Waals surface area contributed by atoms with Gasteiger partial charge in [-0.2, -0.15) is 9.78 Å². The number of nitrogens with zero attached hydrogens (tertiary/aromatic N) is 3. The zero-order chi connectivity index (χ0) is 21.9. The second-order valence-corrected chi connectivity index (χ2v) is 9.33. The molecule has 4 aromatic rings. The highest BCUT2D eigenvalue weighted by atomic mass is 32.2. The highest BCUT2D eigenvalue weighted by molar-refractivity contribution is 7.99. The summed E-state index contributed by atoms with van der Waals surface area (Å²) in [5.74, 6) is 1.61. The van der Waals surface area contributed by atoms with Crippen molar-refractivity contribution in [3.8, 4) is 0 Å². The average Bonchev–Trinajstić information content (AvgIpc) is 3.27. The van der Waals surface area contributed by atoms with Gasteiger partial charge in [0.25, 0.3) is 5.56 Å². The van der Waals surface area contributed by atoms with E-state index < -0.39 is 0 Å². The van der Waals surface area contributed by atoms with Crippen LogP contribution in [-0.4, -0.2) is 15.9 Å². The van der Waals surface area contributed by atoms with E-state index in [9.17, 15) is 4.79 Å². The summed E-state index contributed by atoms with van der Waals surface area (Å²) in [4.78, 5) is 19.2. The largest absolute Gasteiger partial charge is 0.448 e. The van der Waals surface area contributed by atoms with Crippen molar-refractivity contribution < 1.29 is 4.42 Å². The predicted octanol–water partition coefficient (Wildman–Crippen LogP) is 6.38. The van der Waals surface area contributed by atoms with Gasteiger partial charge in [0, 0.05) is 10.8 Å². The van der Waals surface area contributed by atoms with Crippen molar-refractivity contribution in [3.63, 3.8) is 0 Å². The van der Waals surface area contributed by atoms with E-state index in [1.165, 1.54) is 16.7 Å². The third-order valence-corrected chi connectivity index (χ3v) is 6.82. The van der Waals surface area contributed by atoms with Crippen LogP contribution in [0.15, 0.2) is 85.0 Å². The van der Waals surface area contributed by atoms with Gasteiger partial charge >= 0.3 is 0 Å². The summed E-state index contributed by atoms with van der Waals surface area (Å²) >= 11 is 1.56. The Kier molecular flexibility index (Phi) is 5.95. The molecule has 6 heteroatoms. The Bertz CT molecular complexity index is 1320. The number of aryl methyl sites for hydroxylation is 1.